The van der Waals surface area contributed by atoms with E-state index in [-0.39, 0.29) is 11.6 Å². The van der Waals surface area contributed by atoms with Gasteiger partial charge in [0.15, 0.2) is 0 Å². The summed E-state index contributed by atoms with van der Waals surface area (Å²) in [4.78, 5) is 0. The second-order valence-electron chi connectivity index (χ2n) is 2.35. The van der Waals surface area contributed by atoms with E-state index in [1.165, 1.54) is 11.3 Å². The van der Waals surface area contributed by atoms with Crippen LogP contribution in [0.15, 0.2) is 22.0 Å². The molecule has 1 heterocycles. The standard InChI is InChI=1S/C8H4BrFOS/c9-7-4-1-2-12-8(4)5(10)3-6(7)11/h1-3,11H. The van der Waals surface area contributed by atoms with Crippen LogP contribution in [0.2, 0.25) is 0 Å². The number of aromatic hydroxyl groups is 1. The van der Waals surface area contributed by atoms with Gasteiger partial charge in [-0.25, -0.2) is 4.39 Å². The molecule has 0 radical (unpaired) electrons. The Hall–Kier alpha value is -0.610. The summed E-state index contributed by atoms with van der Waals surface area (Å²) in [5, 5.41) is 11.7. The minimum absolute atomic E-state index is 0.0570. The second-order valence-corrected chi connectivity index (χ2v) is 4.06. The van der Waals surface area contributed by atoms with Gasteiger partial charge in [0, 0.05) is 11.5 Å². The number of fused-ring (bicyclic) bond motifs is 1. The van der Waals surface area contributed by atoms with E-state index in [0.29, 0.717) is 9.17 Å². The van der Waals surface area contributed by atoms with E-state index >= 15 is 0 Å². The largest absolute Gasteiger partial charge is 0.507 e. The zero-order valence-corrected chi connectivity index (χ0v) is 8.25. The van der Waals surface area contributed by atoms with Crippen molar-refractivity contribution in [2.24, 2.45) is 0 Å². The Morgan fingerprint density at radius 3 is 3.00 bits per heavy atom. The molecule has 0 amide bonds. The number of hydrogen-bond donors (Lipinski definition) is 1. The summed E-state index contributed by atoms with van der Waals surface area (Å²) in [5.41, 5.74) is 0. The lowest BCUT2D eigenvalue weighted by molar-refractivity contribution is 0.468. The molecule has 0 aliphatic carbocycles. The van der Waals surface area contributed by atoms with Gasteiger partial charge in [-0.15, -0.1) is 11.3 Å². The quantitative estimate of drug-likeness (QED) is 0.755. The fourth-order valence-electron chi connectivity index (χ4n) is 1.05. The van der Waals surface area contributed by atoms with Crippen molar-refractivity contribution < 1.29 is 9.50 Å². The molecule has 1 nitrogen and oxygen atoms in total. The normalized spacial score (nSPS) is 10.8. The number of thiophene rings is 1. The maximum Gasteiger partial charge on any atom is 0.144 e. The molecule has 0 fully saturated rings. The highest BCUT2D eigenvalue weighted by Crippen LogP contribution is 2.36. The maximum atomic E-state index is 13.1. The molecule has 4 heteroatoms. The van der Waals surface area contributed by atoms with Crippen LogP contribution in [0.3, 0.4) is 0 Å². The summed E-state index contributed by atoms with van der Waals surface area (Å²) in [6.07, 6.45) is 0. The molecule has 0 saturated heterocycles. The molecule has 2 aromatic rings. The van der Waals surface area contributed by atoms with Crippen molar-refractivity contribution in [2.75, 3.05) is 0 Å². The number of halogens is 2. The van der Waals surface area contributed by atoms with E-state index in [1.54, 1.807) is 11.4 Å². The Kier molecular flexibility index (Phi) is 1.81. The Labute approximate surface area is 80.6 Å². The summed E-state index contributed by atoms with van der Waals surface area (Å²) >= 11 is 4.50. The number of phenolic OH excluding ortho intramolecular Hbond substituents is 1. The van der Waals surface area contributed by atoms with Gasteiger partial charge >= 0.3 is 0 Å². The van der Waals surface area contributed by atoms with Gasteiger partial charge in [0.05, 0.1) is 9.17 Å². The summed E-state index contributed by atoms with van der Waals surface area (Å²) < 4.78 is 14.2. The first-order valence-corrected chi connectivity index (χ1v) is 4.91. The van der Waals surface area contributed by atoms with Crippen LogP contribution in [0.1, 0.15) is 0 Å². The van der Waals surface area contributed by atoms with Crippen LogP contribution >= 0.6 is 27.3 Å². The first kappa shape index (κ1) is 8.01. The molecule has 1 aromatic carbocycles. The molecular formula is C8H4BrFOS. The van der Waals surface area contributed by atoms with Gasteiger partial charge in [0.1, 0.15) is 11.6 Å². The smallest absolute Gasteiger partial charge is 0.144 e. The highest BCUT2D eigenvalue weighted by Gasteiger charge is 2.09. The number of phenols is 1. The van der Waals surface area contributed by atoms with E-state index in [4.69, 9.17) is 0 Å². The van der Waals surface area contributed by atoms with Crippen molar-refractivity contribution in [3.63, 3.8) is 0 Å². The molecule has 0 bridgehead atoms. The molecule has 0 aliphatic heterocycles. The summed E-state index contributed by atoms with van der Waals surface area (Å²) in [5.74, 6) is -0.431. The van der Waals surface area contributed by atoms with Gasteiger partial charge < -0.3 is 5.11 Å². The molecule has 1 aromatic heterocycles. The zero-order valence-electron chi connectivity index (χ0n) is 5.84. The third-order valence-electron chi connectivity index (χ3n) is 1.61. The molecule has 0 unspecified atom stereocenters. The first-order chi connectivity index (χ1) is 5.70. The molecule has 0 atom stereocenters. The van der Waals surface area contributed by atoms with Crippen LogP contribution in [0.4, 0.5) is 4.39 Å². The molecule has 1 N–H and O–H groups in total. The Morgan fingerprint density at radius 1 is 1.50 bits per heavy atom. The van der Waals surface area contributed by atoms with Crippen LogP contribution < -0.4 is 0 Å². The lowest BCUT2D eigenvalue weighted by Gasteiger charge is -1.98. The molecule has 0 spiro atoms. The van der Waals surface area contributed by atoms with Crippen LogP contribution in [0, 0.1) is 5.82 Å². The molecular weight excluding hydrogens is 243 g/mol. The van der Waals surface area contributed by atoms with Gasteiger partial charge in [-0.05, 0) is 27.4 Å². The summed E-state index contributed by atoms with van der Waals surface area (Å²) in [6.45, 7) is 0. The van der Waals surface area contributed by atoms with Gasteiger partial charge in [-0.1, -0.05) is 0 Å². The fourth-order valence-corrected chi connectivity index (χ4v) is 2.44. The number of hydrogen-bond acceptors (Lipinski definition) is 2. The molecule has 62 valence electrons. The van der Waals surface area contributed by atoms with Crippen molar-refractivity contribution in [2.45, 2.75) is 0 Å². The highest BCUT2D eigenvalue weighted by molar-refractivity contribution is 9.10. The van der Waals surface area contributed by atoms with Crippen LogP contribution in [0.25, 0.3) is 10.1 Å². The topological polar surface area (TPSA) is 20.2 Å². The molecule has 0 aliphatic rings. The third-order valence-corrected chi connectivity index (χ3v) is 3.36. The van der Waals surface area contributed by atoms with Crippen molar-refractivity contribution in [1.29, 1.82) is 0 Å². The van der Waals surface area contributed by atoms with E-state index < -0.39 is 0 Å². The number of benzene rings is 1. The monoisotopic (exact) mass is 246 g/mol. The summed E-state index contributed by atoms with van der Waals surface area (Å²) in [6, 6.07) is 2.88. The lowest BCUT2D eigenvalue weighted by atomic mass is 10.2. The average Bonchev–Trinajstić information content (AvgIpc) is 2.48. The Bertz CT molecular complexity index is 438. The van der Waals surface area contributed by atoms with Gasteiger partial charge in [-0.3, -0.25) is 0 Å². The van der Waals surface area contributed by atoms with E-state index in [1.807, 2.05) is 0 Å². The first-order valence-electron chi connectivity index (χ1n) is 3.24. The number of rotatable bonds is 0. The average molecular weight is 247 g/mol. The SMILES string of the molecule is Oc1cc(F)c2sccc2c1Br. The van der Waals surface area contributed by atoms with Gasteiger partial charge in [0.25, 0.3) is 0 Å². The zero-order chi connectivity index (χ0) is 8.72. The van der Waals surface area contributed by atoms with E-state index in [2.05, 4.69) is 15.9 Å². The molecule has 0 saturated carbocycles. The van der Waals surface area contributed by atoms with Crippen LogP contribution in [0.5, 0.6) is 5.75 Å². The molecule has 2 rings (SSSR count). The minimum atomic E-state index is -0.374. The Balaban J connectivity index is 2.97. The van der Waals surface area contributed by atoms with Crippen molar-refractivity contribution in [1.82, 2.24) is 0 Å². The molecule has 12 heavy (non-hydrogen) atoms. The van der Waals surface area contributed by atoms with E-state index in [0.717, 1.165) is 11.5 Å². The maximum absolute atomic E-state index is 13.1. The predicted octanol–water partition coefficient (Wildman–Crippen LogP) is 3.51. The third kappa shape index (κ3) is 1.03. The second kappa shape index (κ2) is 2.71. The van der Waals surface area contributed by atoms with Crippen LogP contribution in [-0.4, -0.2) is 5.11 Å². The van der Waals surface area contributed by atoms with Crippen molar-refractivity contribution >= 4 is 37.4 Å². The van der Waals surface area contributed by atoms with Crippen molar-refractivity contribution in [3.05, 3.63) is 27.8 Å². The lowest BCUT2D eigenvalue weighted by Crippen LogP contribution is -1.76. The highest BCUT2D eigenvalue weighted by atomic mass is 79.9. The van der Waals surface area contributed by atoms with E-state index in [9.17, 15) is 9.50 Å². The van der Waals surface area contributed by atoms with Gasteiger partial charge in [0.2, 0.25) is 0 Å². The predicted molar refractivity (Wildman–Crippen MR) is 51.1 cm³/mol. The summed E-state index contributed by atoms with van der Waals surface area (Å²) in [7, 11) is 0. The fraction of sp³-hybridized carbons (Fsp3) is 0. The van der Waals surface area contributed by atoms with Crippen LogP contribution in [-0.2, 0) is 0 Å². The van der Waals surface area contributed by atoms with Gasteiger partial charge in [-0.2, -0.15) is 0 Å². The van der Waals surface area contributed by atoms with Crippen molar-refractivity contribution in [3.8, 4) is 5.75 Å². The minimum Gasteiger partial charge on any atom is -0.507 e. The Morgan fingerprint density at radius 2 is 2.25 bits per heavy atom.